The Kier molecular flexibility index (Phi) is 4.90. The third kappa shape index (κ3) is 4.34. The summed E-state index contributed by atoms with van der Waals surface area (Å²) in [4.78, 5) is 4.13. The molecule has 0 spiro atoms. The average Bonchev–Trinajstić information content (AvgIpc) is 1.98. The summed E-state index contributed by atoms with van der Waals surface area (Å²) < 4.78 is 0. The zero-order valence-electron chi connectivity index (χ0n) is 8.89. The number of nitrogens with zero attached hydrogens (tertiary/aromatic N) is 2. The van der Waals surface area contributed by atoms with E-state index < -0.39 is 0 Å². The van der Waals surface area contributed by atoms with Gasteiger partial charge in [-0.15, -0.1) is 0 Å². The van der Waals surface area contributed by atoms with Gasteiger partial charge in [-0.1, -0.05) is 13.8 Å². The molecule has 1 N–H and O–H groups in total. The summed E-state index contributed by atoms with van der Waals surface area (Å²) in [5.74, 6) is 1.05. The fourth-order valence-corrected chi connectivity index (χ4v) is 0.911. The quantitative estimate of drug-likeness (QED) is 0.507. The van der Waals surface area contributed by atoms with E-state index in [1.807, 2.05) is 26.0 Å². The molecule has 3 nitrogen and oxygen atoms in total. The normalized spacial score (nSPS) is 10.9. The van der Waals surface area contributed by atoms with Gasteiger partial charge in [-0.3, -0.25) is 5.41 Å². The van der Waals surface area contributed by atoms with E-state index in [0.717, 1.165) is 18.9 Å². The molecule has 0 aromatic rings. The second-order valence-corrected chi connectivity index (χ2v) is 3.76. The lowest BCUT2D eigenvalue weighted by molar-refractivity contribution is 0.350. The van der Waals surface area contributed by atoms with E-state index in [9.17, 15) is 0 Å². The standard InChI is InChI=1S/C9H21N3/c1-8(2)9(10)12(5)7-6-11(3)4/h8,10H,6-7H2,1-5H3. The SMILES string of the molecule is CC(C)C(=N)N(C)CCN(C)C. The van der Waals surface area contributed by atoms with Crippen LogP contribution in [0.2, 0.25) is 0 Å². The lowest BCUT2D eigenvalue weighted by Gasteiger charge is -2.23. The first kappa shape index (κ1) is 11.4. The zero-order chi connectivity index (χ0) is 9.72. The van der Waals surface area contributed by atoms with E-state index in [2.05, 4.69) is 18.7 Å². The molecule has 0 unspecified atom stereocenters. The number of rotatable bonds is 4. The molecule has 0 atom stereocenters. The van der Waals surface area contributed by atoms with Gasteiger partial charge < -0.3 is 9.80 Å². The third-order valence-electron chi connectivity index (χ3n) is 1.84. The van der Waals surface area contributed by atoms with Crippen LogP contribution in [0.25, 0.3) is 0 Å². The summed E-state index contributed by atoms with van der Waals surface area (Å²) in [5.41, 5.74) is 0. The maximum Gasteiger partial charge on any atom is 0.0981 e. The molecule has 0 aliphatic rings. The Morgan fingerprint density at radius 3 is 2.00 bits per heavy atom. The van der Waals surface area contributed by atoms with Crippen molar-refractivity contribution < 1.29 is 0 Å². The Hall–Kier alpha value is -0.570. The van der Waals surface area contributed by atoms with Crippen LogP contribution in [0.1, 0.15) is 13.8 Å². The van der Waals surface area contributed by atoms with E-state index in [0.29, 0.717) is 5.92 Å². The van der Waals surface area contributed by atoms with Gasteiger partial charge in [0.1, 0.15) is 0 Å². The molecule has 0 fully saturated rings. The first-order chi connectivity index (χ1) is 5.45. The van der Waals surface area contributed by atoms with Crippen LogP contribution in [0, 0.1) is 11.3 Å². The molecule has 0 heterocycles. The van der Waals surface area contributed by atoms with E-state index in [4.69, 9.17) is 5.41 Å². The molecular weight excluding hydrogens is 150 g/mol. The smallest absolute Gasteiger partial charge is 0.0981 e. The second kappa shape index (κ2) is 5.14. The molecule has 0 aliphatic carbocycles. The average molecular weight is 171 g/mol. The highest BCUT2D eigenvalue weighted by Crippen LogP contribution is 1.98. The highest BCUT2D eigenvalue weighted by molar-refractivity contribution is 5.80. The van der Waals surface area contributed by atoms with Crippen LogP contribution in [0.3, 0.4) is 0 Å². The summed E-state index contributed by atoms with van der Waals surface area (Å²) in [6.07, 6.45) is 0. The molecule has 0 aromatic carbocycles. The summed E-state index contributed by atoms with van der Waals surface area (Å²) in [6.45, 7) is 6.04. The topological polar surface area (TPSA) is 30.3 Å². The number of nitrogens with one attached hydrogen (secondary N) is 1. The number of hydrogen-bond donors (Lipinski definition) is 1. The first-order valence-corrected chi connectivity index (χ1v) is 4.39. The van der Waals surface area contributed by atoms with Crippen molar-refractivity contribution in [1.29, 1.82) is 5.41 Å². The van der Waals surface area contributed by atoms with Gasteiger partial charge in [0.15, 0.2) is 0 Å². The number of likely N-dealkylation sites (N-methyl/N-ethyl adjacent to an activating group) is 2. The Morgan fingerprint density at radius 1 is 1.17 bits per heavy atom. The monoisotopic (exact) mass is 171 g/mol. The van der Waals surface area contributed by atoms with Crippen LogP contribution in [0.5, 0.6) is 0 Å². The van der Waals surface area contributed by atoms with Crippen molar-refractivity contribution in [2.24, 2.45) is 5.92 Å². The molecule has 0 saturated heterocycles. The fourth-order valence-electron chi connectivity index (χ4n) is 0.911. The summed E-state index contributed by atoms with van der Waals surface area (Å²) in [6, 6.07) is 0. The molecule has 12 heavy (non-hydrogen) atoms. The van der Waals surface area contributed by atoms with Crippen molar-refractivity contribution in [2.45, 2.75) is 13.8 Å². The highest BCUT2D eigenvalue weighted by atomic mass is 15.2. The van der Waals surface area contributed by atoms with E-state index in [-0.39, 0.29) is 0 Å². The highest BCUT2D eigenvalue weighted by Gasteiger charge is 2.07. The predicted octanol–water partition coefficient (Wildman–Crippen LogP) is 1.11. The number of amidine groups is 1. The lowest BCUT2D eigenvalue weighted by atomic mass is 10.2. The predicted molar refractivity (Wildman–Crippen MR) is 53.7 cm³/mol. The third-order valence-corrected chi connectivity index (χ3v) is 1.84. The molecule has 0 bridgehead atoms. The second-order valence-electron chi connectivity index (χ2n) is 3.76. The Balaban J connectivity index is 3.72. The van der Waals surface area contributed by atoms with Gasteiger partial charge in [0.05, 0.1) is 5.84 Å². The van der Waals surface area contributed by atoms with Gasteiger partial charge in [0.2, 0.25) is 0 Å². The minimum absolute atomic E-state index is 0.331. The fraction of sp³-hybridized carbons (Fsp3) is 0.889. The van der Waals surface area contributed by atoms with E-state index in [1.54, 1.807) is 0 Å². The van der Waals surface area contributed by atoms with Crippen molar-refractivity contribution >= 4 is 5.84 Å². The van der Waals surface area contributed by atoms with Gasteiger partial charge in [0.25, 0.3) is 0 Å². The molecule has 72 valence electrons. The van der Waals surface area contributed by atoms with Crippen LogP contribution < -0.4 is 0 Å². The van der Waals surface area contributed by atoms with Crippen LogP contribution in [-0.2, 0) is 0 Å². The zero-order valence-corrected chi connectivity index (χ0v) is 8.89. The van der Waals surface area contributed by atoms with E-state index in [1.165, 1.54) is 0 Å². The lowest BCUT2D eigenvalue weighted by Crippen LogP contribution is -2.35. The molecule has 0 saturated carbocycles. The maximum atomic E-state index is 7.70. The maximum absolute atomic E-state index is 7.70. The van der Waals surface area contributed by atoms with Gasteiger partial charge in [-0.2, -0.15) is 0 Å². The summed E-state index contributed by atoms with van der Waals surface area (Å²) >= 11 is 0. The first-order valence-electron chi connectivity index (χ1n) is 4.39. The van der Waals surface area contributed by atoms with Gasteiger partial charge in [-0.25, -0.2) is 0 Å². The minimum Gasteiger partial charge on any atom is -0.362 e. The summed E-state index contributed by atoms with van der Waals surface area (Å²) in [5, 5.41) is 7.70. The molecule has 0 amide bonds. The molecule has 3 heteroatoms. The van der Waals surface area contributed by atoms with Crippen molar-refractivity contribution in [3.63, 3.8) is 0 Å². The van der Waals surface area contributed by atoms with Crippen LogP contribution >= 0.6 is 0 Å². The largest absolute Gasteiger partial charge is 0.362 e. The molecule has 0 aliphatic heterocycles. The van der Waals surface area contributed by atoms with Crippen molar-refractivity contribution in [1.82, 2.24) is 9.80 Å². The van der Waals surface area contributed by atoms with Crippen LogP contribution in [0.4, 0.5) is 0 Å². The van der Waals surface area contributed by atoms with Gasteiger partial charge in [0, 0.05) is 26.1 Å². The molecule has 0 radical (unpaired) electrons. The van der Waals surface area contributed by atoms with Crippen LogP contribution in [0.15, 0.2) is 0 Å². The number of hydrogen-bond acceptors (Lipinski definition) is 2. The Labute approximate surface area is 75.9 Å². The van der Waals surface area contributed by atoms with Crippen LogP contribution in [-0.4, -0.2) is 49.9 Å². The molecular formula is C9H21N3. The van der Waals surface area contributed by atoms with E-state index >= 15 is 0 Å². The molecule has 0 rings (SSSR count). The Morgan fingerprint density at radius 2 is 1.67 bits per heavy atom. The van der Waals surface area contributed by atoms with Gasteiger partial charge >= 0.3 is 0 Å². The van der Waals surface area contributed by atoms with Crippen molar-refractivity contribution in [3.05, 3.63) is 0 Å². The van der Waals surface area contributed by atoms with Crippen molar-refractivity contribution in [2.75, 3.05) is 34.2 Å². The van der Waals surface area contributed by atoms with Gasteiger partial charge in [-0.05, 0) is 14.1 Å². The minimum atomic E-state index is 0.331. The molecule has 0 aromatic heterocycles. The van der Waals surface area contributed by atoms with Crippen molar-refractivity contribution in [3.8, 4) is 0 Å². The Bertz CT molecular complexity index is 141. The summed E-state index contributed by atoms with van der Waals surface area (Å²) in [7, 11) is 6.07.